The SMILES string of the molecule is C1CC2CCCC(C1)B2[C@@H]1C[C@H]2CC[C@@H]1C2. The van der Waals surface area contributed by atoms with Gasteiger partial charge in [0.15, 0.2) is 0 Å². The number of fused-ring (bicyclic) bond motifs is 4. The Balaban J connectivity index is 1.57. The molecule has 16 heavy (non-hydrogen) atoms. The lowest BCUT2D eigenvalue weighted by atomic mass is 9.21. The fourth-order valence-electron chi connectivity index (χ4n) is 6.19. The second-order valence-corrected chi connectivity index (χ2v) is 7.30. The first-order valence-electron chi connectivity index (χ1n) is 7.92. The summed E-state index contributed by atoms with van der Waals surface area (Å²) in [6.45, 7) is 1.19. The first-order chi connectivity index (χ1) is 7.92. The summed E-state index contributed by atoms with van der Waals surface area (Å²) in [5.74, 6) is 5.86. The molecule has 2 heterocycles. The van der Waals surface area contributed by atoms with Gasteiger partial charge in [-0.2, -0.15) is 0 Å². The standard InChI is InChI=1S/C15H25B/c1-3-13-5-2-6-14(4-1)16(13)15-10-11-7-8-12(15)9-11/h11-15H,1-10H2/t11-,12+,13?,14?,15+/m0/s1. The maximum absolute atomic E-state index is 1.64. The van der Waals surface area contributed by atoms with Crippen LogP contribution in [0.4, 0.5) is 0 Å². The van der Waals surface area contributed by atoms with Crippen LogP contribution in [0.25, 0.3) is 0 Å². The molecular formula is C15H25B. The van der Waals surface area contributed by atoms with Crippen molar-refractivity contribution in [3.8, 4) is 0 Å². The van der Waals surface area contributed by atoms with Crippen LogP contribution < -0.4 is 0 Å². The van der Waals surface area contributed by atoms with Gasteiger partial charge in [-0.15, -0.1) is 0 Å². The first kappa shape index (κ1) is 10.0. The van der Waals surface area contributed by atoms with Gasteiger partial charge < -0.3 is 0 Å². The molecule has 4 bridgehead atoms. The topological polar surface area (TPSA) is 0 Å². The van der Waals surface area contributed by atoms with E-state index in [4.69, 9.17) is 0 Å². The number of hydrogen-bond acceptors (Lipinski definition) is 0. The highest BCUT2D eigenvalue weighted by molar-refractivity contribution is 6.64. The largest absolute Gasteiger partial charge is 0.149 e. The lowest BCUT2D eigenvalue weighted by Gasteiger charge is -2.45. The average molecular weight is 216 g/mol. The minimum Gasteiger partial charge on any atom is -0.0617 e. The monoisotopic (exact) mass is 216 g/mol. The van der Waals surface area contributed by atoms with Gasteiger partial charge in [0.1, 0.15) is 6.71 Å². The molecule has 1 heteroatoms. The zero-order chi connectivity index (χ0) is 10.5. The maximum Gasteiger partial charge on any atom is 0.149 e. The minimum absolute atomic E-state index is 1.16. The highest BCUT2D eigenvalue weighted by Crippen LogP contribution is 2.60. The smallest absolute Gasteiger partial charge is 0.0617 e. The molecule has 0 aromatic heterocycles. The molecule has 4 fully saturated rings. The summed E-state index contributed by atoms with van der Waals surface area (Å²) in [5, 5.41) is 0. The van der Waals surface area contributed by atoms with E-state index in [1.165, 1.54) is 18.4 Å². The fraction of sp³-hybridized carbons (Fsp3) is 1.00. The fourth-order valence-corrected chi connectivity index (χ4v) is 6.19. The molecule has 2 aliphatic carbocycles. The van der Waals surface area contributed by atoms with Crippen molar-refractivity contribution < 1.29 is 0 Å². The van der Waals surface area contributed by atoms with Crippen molar-refractivity contribution in [2.24, 2.45) is 11.8 Å². The van der Waals surface area contributed by atoms with Crippen molar-refractivity contribution in [2.75, 3.05) is 0 Å². The Morgan fingerprint density at radius 1 is 0.688 bits per heavy atom. The Kier molecular flexibility index (Phi) is 2.37. The second-order valence-electron chi connectivity index (χ2n) is 7.30. The Labute approximate surface area is 101 Å². The van der Waals surface area contributed by atoms with Gasteiger partial charge in [0.05, 0.1) is 0 Å². The summed E-state index contributed by atoms with van der Waals surface area (Å²) in [6, 6.07) is 0. The van der Waals surface area contributed by atoms with Crippen molar-refractivity contribution >= 4 is 6.71 Å². The Morgan fingerprint density at radius 3 is 1.88 bits per heavy atom. The van der Waals surface area contributed by atoms with Gasteiger partial charge in [0, 0.05) is 0 Å². The van der Waals surface area contributed by atoms with Gasteiger partial charge in [-0.05, 0) is 18.3 Å². The zero-order valence-corrected chi connectivity index (χ0v) is 10.5. The molecule has 88 valence electrons. The van der Waals surface area contributed by atoms with E-state index >= 15 is 0 Å². The van der Waals surface area contributed by atoms with E-state index in [-0.39, 0.29) is 0 Å². The Hall–Kier alpha value is 0.0649. The summed E-state index contributed by atoms with van der Waals surface area (Å²) >= 11 is 0. The maximum atomic E-state index is 1.64. The third-order valence-corrected chi connectivity index (χ3v) is 6.68. The predicted octanol–water partition coefficient (Wildman–Crippen LogP) is 4.78. The molecule has 0 unspecified atom stereocenters. The third-order valence-electron chi connectivity index (χ3n) is 6.68. The molecule has 0 spiro atoms. The van der Waals surface area contributed by atoms with Crippen LogP contribution in [0.1, 0.15) is 64.2 Å². The van der Waals surface area contributed by atoms with Gasteiger partial charge >= 0.3 is 0 Å². The van der Waals surface area contributed by atoms with E-state index in [0.29, 0.717) is 0 Å². The van der Waals surface area contributed by atoms with Crippen LogP contribution in [-0.4, -0.2) is 6.71 Å². The zero-order valence-electron chi connectivity index (χ0n) is 10.5. The van der Waals surface area contributed by atoms with Crippen molar-refractivity contribution in [1.82, 2.24) is 0 Å². The van der Waals surface area contributed by atoms with Gasteiger partial charge in [0.2, 0.25) is 0 Å². The number of hydrogen-bond donors (Lipinski definition) is 0. The molecule has 0 radical (unpaired) electrons. The molecule has 4 rings (SSSR count). The van der Waals surface area contributed by atoms with Gasteiger partial charge in [-0.1, -0.05) is 75.2 Å². The summed E-state index contributed by atoms with van der Waals surface area (Å²) in [7, 11) is 0. The lowest BCUT2D eigenvalue weighted by Crippen LogP contribution is -2.40. The van der Waals surface area contributed by atoms with Gasteiger partial charge in [-0.3, -0.25) is 0 Å². The highest BCUT2D eigenvalue weighted by atomic mass is 14.4. The summed E-state index contributed by atoms with van der Waals surface area (Å²) in [6.07, 6.45) is 15.9. The van der Waals surface area contributed by atoms with Crippen LogP contribution in [0.2, 0.25) is 17.5 Å². The Bertz CT molecular complexity index is 253. The summed E-state index contributed by atoms with van der Waals surface area (Å²) in [4.78, 5) is 0. The molecule has 4 aliphatic rings. The minimum atomic E-state index is 1.16. The van der Waals surface area contributed by atoms with Crippen LogP contribution >= 0.6 is 0 Å². The van der Waals surface area contributed by atoms with E-state index in [9.17, 15) is 0 Å². The number of rotatable bonds is 1. The first-order valence-corrected chi connectivity index (χ1v) is 7.92. The van der Waals surface area contributed by atoms with Crippen LogP contribution in [0.3, 0.4) is 0 Å². The van der Waals surface area contributed by atoms with Crippen LogP contribution in [0, 0.1) is 11.8 Å². The van der Waals surface area contributed by atoms with Crippen molar-refractivity contribution in [1.29, 1.82) is 0 Å². The van der Waals surface area contributed by atoms with Gasteiger partial charge in [0.25, 0.3) is 0 Å². The molecule has 3 atom stereocenters. The Morgan fingerprint density at radius 2 is 1.38 bits per heavy atom. The van der Waals surface area contributed by atoms with Crippen LogP contribution in [0.5, 0.6) is 0 Å². The van der Waals surface area contributed by atoms with Crippen LogP contribution in [0.15, 0.2) is 0 Å². The quantitative estimate of drug-likeness (QED) is 0.553. The molecule has 2 aliphatic heterocycles. The van der Waals surface area contributed by atoms with E-state index in [1.54, 1.807) is 64.2 Å². The van der Waals surface area contributed by atoms with E-state index in [2.05, 4.69) is 0 Å². The van der Waals surface area contributed by atoms with E-state index in [1.807, 2.05) is 0 Å². The molecular weight excluding hydrogens is 191 g/mol. The normalized spacial score (nSPS) is 51.0. The molecule has 0 nitrogen and oxygen atoms in total. The third kappa shape index (κ3) is 1.42. The van der Waals surface area contributed by atoms with Crippen molar-refractivity contribution in [3.05, 3.63) is 0 Å². The molecule has 2 saturated carbocycles. The average Bonchev–Trinajstić information content (AvgIpc) is 2.89. The van der Waals surface area contributed by atoms with E-state index < -0.39 is 0 Å². The summed E-state index contributed by atoms with van der Waals surface area (Å²) < 4.78 is 0. The molecule has 0 aromatic carbocycles. The second kappa shape index (κ2) is 3.78. The van der Waals surface area contributed by atoms with Gasteiger partial charge in [-0.25, -0.2) is 0 Å². The predicted molar refractivity (Wildman–Crippen MR) is 70.2 cm³/mol. The molecule has 0 amide bonds. The van der Waals surface area contributed by atoms with Crippen LogP contribution in [-0.2, 0) is 0 Å². The van der Waals surface area contributed by atoms with E-state index in [0.717, 1.165) is 17.6 Å². The van der Waals surface area contributed by atoms with Crippen molar-refractivity contribution in [2.45, 2.75) is 81.7 Å². The highest BCUT2D eigenvalue weighted by Gasteiger charge is 2.50. The summed E-state index contributed by atoms with van der Waals surface area (Å²) in [5.41, 5.74) is 0. The van der Waals surface area contributed by atoms with Crippen molar-refractivity contribution in [3.63, 3.8) is 0 Å². The molecule has 0 N–H and O–H groups in total. The molecule has 2 saturated heterocycles. The lowest BCUT2D eigenvalue weighted by molar-refractivity contribution is 0.402. The molecule has 0 aromatic rings.